The number of ketones is 1. The number of nitrogens with zero attached hydrogens (tertiary/aromatic N) is 2. The Balaban J connectivity index is 1.45. The minimum Gasteiger partial charge on any atom is -0.482 e. The molecule has 10 nitrogen and oxygen atoms in total. The van der Waals surface area contributed by atoms with E-state index in [9.17, 15) is 24.5 Å². The molecule has 34 heavy (non-hydrogen) atoms. The van der Waals surface area contributed by atoms with Crippen LogP contribution in [0.4, 0.5) is 17.1 Å². The van der Waals surface area contributed by atoms with Crippen molar-refractivity contribution >= 4 is 34.7 Å². The molecule has 1 N–H and O–H groups in total. The van der Waals surface area contributed by atoms with Gasteiger partial charge in [-0.2, -0.15) is 0 Å². The lowest BCUT2D eigenvalue weighted by Crippen LogP contribution is -2.39. The Morgan fingerprint density at radius 1 is 1.15 bits per heavy atom. The number of nitro groups is 1. The first-order valence-electron chi connectivity index (χ1n) is 11.0. The summed E-state index contributed by atoms with van der Waals surface area (Å²) in [4.78, 5) is 49.7. The number of benzene rings is 2. The van der Waals surface area contributed by atoms with E-state index in [0.717, 1.165) is 6.42 Å². The van der Waals surface area contributed by atoms with Crippen LogP contribution in [-0.2, 0) is 9.53 Å². The van der Waals surface area contributed by atoms with Gasteiger partial charge in [0.05, 0.1) is 16.2 Å². The van der Waals surface area contributed by atoms with Gasteiger partial charge in [-0.05, 0) is 48.6 Å². The number of amides is 1. The third-order valence-corrected chi connectivity index (χ3v) is 5.89. The van der Waals surface area contributed by atoms with Gasteiger partial charge in [-0.1, -0.05) is 13.8 Å². The molecule has 2 aromatic rings. The quantitative estimate of drug-likeness (QED) is 0.296. The monoisotopic (exact) mass is 467 g/mol. The molecule has 4 rings (SSSR count). The highest BCUT2D eigenvalue weighted by Gasteiger charge is 2.28. The van der Waals surface area contributed by atoms with E-state index >= 15 is 0 Å². The third-order valence-electron chi connectivity index (χ3n) is 5.89. The number of hydrogen-bond acceptors (Lipinski definition) is 8. The molecule has 0 spiro atoms. The van der Waals surface area contributed by atoms with Crippen LogP contribution in [0.3, 0.4) is 0 Å². The Morgan fingerprint density at radius 2 is 1.85 bits per heavy atom. The van der Waals surface area contributed by atoms with Gasteiger partial charge in [0.25, 0.3) is 11.6 Å². The number of rotatable bonds is 6. The summed E-state index contributed by atoms with van der Waals surface area (Å²) in [6, 6.07) is 8.74. The minimum absolute atomic E-state index is 0.00698. The smallest absolute Gasteiger partial charge is 0.338 e. The van der Waals surface area contributed by atoms with Gasteiger partial charge < -0.3 is 19.7 Å². The average molecular weight is 467 g/mol. The van der Waals surface area contributed by atoms with Gasteiger partial charge in [-0.3, -0.25) is 19.7 Å². The van der Waals surface area contributed by atoms with Crippen LogP contribution in [0.2, 0.25) is 0 Å². The lowest BCUT2D eigenvalue weighted by molar-refractivity contribution is -0.384. The van der Waals surface area contributed by atoms with Crippen LogP contribution in [0, 0.1) is 22.0 Å². The summed E-state index contributed by atoms with van der Waals surface area (Å²) in [5, 5.41) is 14.3. The highest BCUT2D eigenvalue weighted by atomic mass is 16.6. The maximum absolute atomic E-state index is 12.5. The van der Waals surface area contributed by atoms with E-state index in [2.05, 4.69) is 19.2 Å². The van der Waals surface area contributed by atoms with Crippen molar-refractivity contribution in [1.82, 2.24) is 0 Å². The number of carbonyl (C=O) groups is 3. The number of anilines is 2. The standard InChI is InChI=1S/C24H25N3O7/c1-14-7-15(2)11-26(10-14)19-5-3-17(9-20(19)27(31)32)24(30)34-12-21(28)16-4-6-22-18(8-16)25-23(29)13-33-22/h3-6,8-9,14-15H,7,10-13H2,1-2H3,(H,25,29)/t14-,15-/m0/s1. The predicted octanol–water partition coefficient (Wildman–Crippen LogP) is 3.45. The molecule has 2 aliphatic heterocycles. The molecule has 0 unspecified atom stereocenters. The number of piperidine rings is 1. The van der Waals surface area contributed by atoms with E-state index in [1.165, 1.54) is 24.3 Å². The SMILES string of the molecule is C[C@H]1C[C@H](C)CN(c2ccc(C(=O)OCC(=O)c3ccc4c(c3)NC(=O)CO4)cc2[N+](=O)[O-])C1. The van der Waals surface area contributed by atoms with Crippen molar-refractivity contribution in [2.24, 2.45) is 11.8 Å². The second-order valence-corrected chi connectivity index (χ2v) is 8.86. The Morgan fingerprint density at radius 3 is 2.56 bits per heavy atom. The number of hydrogen-bond donors (Lipinski definition) is 1. The molecule has 2 aromatic carbocycles. The molecule has 0 radical (unpaired) electrons. The van der Waals surface area contributed by atoms with Crippen LogP contribution in [0.25, 0.3) is 0 Å². The van der Waals surface area contributed by atoms with Gasteiger partial charge in [0.15, 0.2) is 19.0 Å². The number of ether oxygens (including phenoxy) is 2. The molecule has 0 aromatic heterocycles. The molecule has 2 heterocycles. The first-order valence-corrected chi connectivity index (χ1v) is 11.0. The van der Waals surface area contributed by atoms with Crippen LogP contribution < -0.4 is 15.0 Å². The van der Waals surface area contributed by atoms with Gasteiger partial charge in [-0.15, -0.1) is 0 Å². The molecule has 1 fully saturated rings. The van der Waals surface area contributed by atoms with Crippen molar-refractivity contribution in [3.8, 4) is 5.75 Å². The maximum Gasteiger partial charge on any atom is 0.338 e. The Bertz CT molecular complexity index is 1150. The Labute approximate surface area is 196 Å². The number of esters is 1. The van der Waals surface area contributed by atoms with Crippen LogP contribution in [0.15, 0.2) is 36.4 Å². The van der Waals surface area contributed by atoms with Gasteiger partial charge in [0.2, 0.25) is 0 Å². The third kappa shape index (κ3) is 5.00. The molecule has 10 heteroatoms. The molecule has 0 bridgehead atoms. The van der Waals surface area contributed by atoms with Crippen LogP contribution >= 0.6 is 0 Å². The van der Waals surface area contributed by atoms with E-state index in [4.69, 9.17) is 9.47 Å². The second-order valence-electron chi connectivity index (χ2n) is 8.86. The average Bonchev–Trinajstić information content (AvgIpc) is 2.80. The molecule has 178 valence electrons. The summed E-state index contributed by atoms with van der Waals surface area (Å²) in [5.74, 6) is -0.401. The van der Waals surface area contributed by atoms with Crippen LogP contribution in [-0.4, -0.2) is 48.9 Å². The first kappa shape index (κ1) is 23.2. The summed E-state index contributed by atoms with van der Waals surface area (Å²) in [7, 11) is 0. The minimum atomic E-state index is -0.835. The lowest BCUT2D eigenvalue weighted by atomic mass is 9.91. The van der Waals surface area contributed by atoms with E-state index in [1.807, 2.05) is 4.90 Å². The molecule has 2 atom stereocenters. The Kier molecular flexibility index (Phi) is 6.49. The number of carbonyl (C=O) groups excluding carboxylic acids is 3. The molecular formula is C24H25N3O7. The Hall–Kier alpha value is -3.95. The molecule has 2 aliphatic rings. The summed E-state index contributed by atoms with van der Waals surface area (Å²) in [6.45, 7) is 4.98. The summed E-state index contributed by atoms with van der Waals surface area (Å²) < 4.78 is 10.4. The van der Waals surface area contributed by atoms with Gasteiger partial charge in [0, 0.05) is 24.7 Å². The number of nitro benzene ring substituents is 1. The fourth-order valence-corrected chi connectivity index (χ4v) is 4.48. The van der Waals surface area contributed by atoms with Gasteiger partial charge >= 0.3 is 5.97 Å². The zero-order valence-electron chi connectivity index (χ0n) is 18.9. The van der Waals surface area contributed by atoms with E-state index < -0.39 is 23.3 Å². The topological polar surface area (TPSA) is 128 Å². The largest absolute Gasteiger partial charge is 0.482 e. The van der Waals surface area contributed by atoms with Crippen molar-refractivity contribution in [1.29, 1.82) is 0 Å². The predicted molar refractivity (Wildman–Crippen MR) is 123 cm³/mol. The van der Waals surface area contributed by atoms with Crippen molar-refractivity contribution in [2.75, 3.05) is 36.5 Å². The number of nitrogens with one attached hydrogen (secondary N) is 1. The molecule has 1 saturated heterocycles. The molecule has 0 aliphatic carbocycles. The van der Waals surface area contributed by atoms with Crippen LogP contribution in [0.5, 0.6) is 5.75 Å². The molecule has 1 amide bonds. The number of Topliss-reactive ketones (excluding diaryl/α,β-unsaturated/α-hetero) is 1. The van der Waals surface area contributed by atoms with Crippen molar-refractivity contribution < 1.29 is 28.8 Å². The lowest BCUT2D eigenvalue weighted by Gasteiger charge is -2.36. The zero-order chi connectivity index (χ0) is 24.4. The summed E-state index contributed by atoms with van der Waals surface area (Å²) >= 11 is 0. The second kappa shape index (κ2) is 9.50. The normalized spacial score (nSPS) is 19.5. The van der Waals surface area contributed by atoms with Crippen molar-refractivity contribution in [3.05, 3.63) is 57.6 Å². The van der Waals surface area contributed by atoms with Gasteiger partial charge in [-0.25, -0.2) is 4.79 Å². The maximum atomic E-state index is 12.5. The number of fused-ring (bicyclic) bond motifs is 1. The van der Waals surface area contributed by atoms with Gasteiger partial charge in [0.1, 0.15) is 11.4 Å². The van der Waals surface area contributed by atoms with E-state index in [1.54, 1.807) is 12.1 Å². The van der Waals surface area contributed by atoms with Crippen molar-refractivity contribution in [3.63, 3.8) is 0 Å². The fourth-order valence-electron chi connectivity index (χ4n) is 4.48. The van der Waals surface area contributed by atoms with Crippen molar-refractivity contribution in [2.45, 2.75) is 20.3 Å². The van der Waals surface area contributed by atoms with Crippen LogP contribution in [0.1, 0.15) is 41.0 Å². The summed E-state index contributed by atoms with van der Waals surface area (Å²) in [5.41, 5.74) is 0.877. The first-order chi connectivity index (χ1) is 16.2. The fraction of sp³-hybridized carbons (Fsp3) is 0.375. The molecular weight excluding hydrogens is 442 g/mol. The molecule has 0 saturated carbocycles. The van der Waals surface area contributed by atoms with E-state index in [0.29, 0.717) is 42.0 Å². The highest BCUT2D eigenvalue weighted by molar-refractivity contribution is 6.02. The summed E-state index contributed by atoms with van der Waals surface area (Å²) in [6.07, 6.45) is 1.06. The highest BCUT2D eigenvalue weighted by Crippen LogP contribution is 2.34. The van der Waals surface area contributed by atoms with E-state index in [-0.39, 0.29) is 29.3 Å². The zero-order valence-corrected chi connectivity index (χ0v) is 18.9.